The lowest BCUT2D eigenvalue weighted by atomic mass is 10.1. The van der Waals surface area contributed by atoms with Crippen molar-refractivity contribution in [1.29, 1.82) is 0 Å². The minimum absolute atomic E-state index is 0.130. The molecule has 238 valence electrons. The normalized spacial score (nSPS) is 12.9. The number of carbonyl (C=O) groups excluding carboxylic acids is 2. The molecule has 0 heterocycles. The highest BCUT2D eigenvalue weighted by Crippen LogP contribution is 2.37. The molecule has 0 aromatic heterocycles. The van der Waals surface area contributed by atoms with Crippen molar-refractivity contribution in [1.82, 2.24) is 10.2 Å². The maximum atomic E-state index is 14.1. The van der Waals surface area contributed by atoms with E-state index < -0.39 is 57.4 Å². The highest BCUT2D eigenvalue weighted by Gasteiger charge is 2.37. The van der Waals surface area contributed by atoms with Crippen molar-refractivity contribution in [3.63, 3.8) is 0 Å². The average Bonchev–Trinajstić information content (AvgIpc) is 2.92. The Bertz CT molecular complexity index is 1620. The number of rotatable bonds is 10. The highest BCUT2D eigenvalue weighted by atomic mass is 35.5. The molecule has 0 saturated carbocycles. The second-order valence-electron chi connectivity index (χ2n) is 10.9. The molecule has 1 atom stereocenters. The number of amides is 2. The van der Waals surface area contributed by atoms with Crippen LogP contribution in [0.15, 0.2) is 71.6 Å². The van der Waals surface area contributed by atoms with E-state index in [0.717, 1.165) is 11.0 Å². The molecule has 1 N–H and O–H groups in total. The summed E-state index contributed by atoms with van der Waals surface area (Å²) >= 11 is 18.5. The number of nitrogens with one attached hydrogen (secondary N) is 1. The van der Waals surface area contributed by atoms with Gasteiger partial charge in [0.25, 0.3) is 10.0 Å². The van der Waals surface area contributed by atoms with E-state index in [-0.39, 0.29) is 32.9 Å². The first-order valence-corrected chi connectivity index (χ1v) is 15.9. The molecule has 7 nitrogen and oxygen atoms in total. The Morgan fingerprint density at radius 1 is 0.886 bits per heavy atom. The summed E-state index contributed by atoms with van der Waals surface area (Å²) in [5.74, 6) is -1.39. The molecule has 0 bridgehead atoms. The molecule has 0 saturated heterocycles. The quantitative estimate of drug-likeness (QED) is 0.237. The summed E-state index contributed by atoms with van der Waals surface area (Å²) in [4.78, 5) is 28.4. The fraction of sp³-hybridized carbons (Fsp3) is 0.333. The van der Waals surface area contributed by atoms with Crippen LogP contribution in [0, 0.1) is 0 Å². The Morgan fingerprint density at radius 2 is 1.50 bits per heavy atom. The minimum atomic E-state index is -4.83. The molecule has 0 fully saturated rings. The average molecular weight is 693 g/mol. The first kappa shape index (κ1) is 35.5. The minimum Gasteiger partial charge on any atom is -0.350 e. The van der Waals surface area contributed by atoms with Gasteiger partial charge in [0.15, 0.2) is 0 Å². The van der Waals surface area contributed by atoms with Crippen LogP contribution in [0.2, 0.25) is 15.1 Å². The van der Waals surface area contributed by atoms with Gasteiger partial charge in [0.1, 0.15) is 12.6 Å². The number of anilines is 1. The van der Waals surface area contributed by atoms with Gasteiger partial charge in [-0.3, -0.25) is 13.9 Å². The van der Waals surface area contributed by atoms with Crippen LogP contribution in [-0.2, 0) is 32.3 Å². The molecule has 0 spiro atoms. The molecule has 44 heavy (non-hydrogen) atoms. The third-order valence-electron chi connectivity index (χ3n) is 6.37. The lowest BCUT2D eigenvalue weighted by Gasteiger charge is -2.35. The van der Waals surface area contributed by atoms with Crippen molar-refractivity contribution >= 4 is 62.3 Å². The molecule has 0 aliphatic heterocycles. The Balaban J connectivity index is 2.18. The number of hydrogen-bond acceptors (Lipinski definition) is 4. The fourth-order valence-corrected chi connectivity index (χ4v) is 6.36. The molecule has 3 rings (SSSR count). The van der Waals surface area contributed by atoms with E-state index in [1.54, 1.807) is 39.8 Å². The van der Waals surface area contributed by atoms with Crippen LogP contribution in [0.5, 0.6) is 0 Å². The monoisotopic (exact) mass is 691 g/mol. The van der Waals surface area contributed by atoms with E-state index in [4.69, 9.17) is 34.8 Å². The number of benzene rings is 3. The van der Waals surface area contributed by atoms with Crippen molar-refractivity contribution < 1.29 is 31.2 Å². The Labute approximate surface area is 269 Å². The maximum absolute atomic E-state index is 14.1. The van der Waals surface area contributed by atoms with E-state index in [2.05, 4.69) is 5.32 Å². The van der Waals surface area contributed by atoms with E-state index in [9.17, 15) is 31.2 Å². The Kier molecular flexibility index (Phi) is 11.3. The molecular formula is C30H31Cl3F3N3O4S. The largest absolute Gasteiger partial charge is 0.416 e. The van der Waals surface area contributed by atoms with Crippen molar-refractivity contribution in [2.45, 2.75) is 63.3 Å². The van der Waals surface area contributed by atoms with Gasteiger partial charge in [0.05, 0.1) is 31.2 Å². The van der Waals surface area contributed by atoms with Gasteiger partial charge < -0.3 is 10.2 Å². The molecule has 0 radical (unpaired) electrons. The lowest BCUT2D eigenvalue weighted by Crippen LogP contribution is -2.55. The smallest absolute Gasteiger partial charge is 0.350 e. The zero-order valence-corrected chi connectivity index (χ0v) is 27.3. The second-order valence-corrected chi connectivity index (χ2v) is 14.0. The number of alkyl halides is 3. The number of sulfonamides is 1. The molecule has 3 aromatic rings. The maximum Gasteiger partial charge on any atom is 0.416 e. The first-order chi connectivity index (χ1) is 20.3. The highest BCUT2D eigenvalue weighted by molar-refractivity contribution is 7.92. The van der Waals surface area contributed by atoms with Gasteiger partial charge in [0.2, 0.25) is 11.8 Å². The fourth-order valence-electron chi connectivity index (χ4n) is 4.32. The number of hydrogen-bond donors (Lipinski definition) is 1. The van der Waals surface area contributed by atoms with Crippen LogP contribution in [0.1, 0.15) is 45.2 Å². The van der Waals surface area contributed by atoms with Crippen LogP contribution in [-0.4, -0.2) is 43.3 Å². The van der Waals surface area contributed by atoms with Gasteiger partial charge in [0, 0.05) is 12.1 Å². The standard InChI is InChI=1S/C30H31Cl3F3N3O4S/c1-5-25(28(41)37-29(2,3)4)38(17-19-11-13-22(31)24(33)15-19)27(40)18-39(44(42,43)21-9-7-6-8-10-21)26-16-20(30(34,35)36)12-14-23(26)32/h6-16,25H,5,17-18H2,1-4H3,(H,37,41). The van der Waals surface area contributed by atoms with Crippen LogP contribution in [0.25, 0.3) is 0 Å². The molecule has 3 aromatic carbocycles. The van der Waals surface area contributed by atoms with Crippen molar-refractivity contribution in [2.75, 3.05) is 10.8 Å². The summed E-state index contributed by atoms with van der Waals surface area (Å²) in [6.07, 6.45) is -4.70. The molecule has 0 aliphatic rings. The molecule has 2 amide bonds. The third-order valence-corrected chi connectivity index (χ3v) is 9.21. The summed E-state index contributed by atoms with van der Waals surface area (Å²) in [7, 11) is -4.64. The SMILES string of the molecule is CCC(C(=O)NC(C)(C)C)N(Cc1ccc(Cl)c(Cl)c1)C(=O)CN(c1cc(C(F)(F)F)ccc1Cl)S(=O)(=O)c1ccccc1. The predicted octanol–water partition coefficient (Wildman–Crippen LogP) is 7.58. The van der Waals surface area contributed by atoms with Gasteiger partial charge in [-0.25, -0.2) is 8.42 Å². The second kappa shape index (κ2) is 14.0. The Morgan fingerprint density at radius 3 is 2.05 bits per heavy atom. The zero-order valence-electron chi connectivity index (χ0n) is 24.3. The van der Waals surface area contributed by atoms with E-state index in [1.165, 1.54) is 36.4 Å². The topological polar surface area (TPSA) is 86.8 Å². The van der Waals surface area contributed by atoms with Crippen molar-refractivity contribution in [3.8, 4) is 0 Å². The Hall–Kier alpha value is -2.99. The van der Waals surface area contributed by atoms with Crippen LogP contribution < -0.4 is 9.62 Å². The van der Waals surface area contributed by atoms with Gasteiger partial charge >= 0.3 is 6.18 Å². The lowest BCUT2D eigenvalue weighted by molar-refractivity contribution is -0.141. The molecular weight excluding hydrogens is 662 g/mol. The van der Waals surface area contributed by atoms with Gasteiger partial charge in [-0.15, -0.1) is 0 Å². The van der Waals surface area contributed by atoms with Crippen molar-refractivity contribution in [2.24, 2.45) is 0 Å². The third kappa shape index (κ3) is 8.80. The summed E-state index contributed by atoms with van der Waals surface area (Å²) in [5.41, 5.74) is -1.91. The van der Waals surface area contributed by atoms with E-state index in [0.29, 0.717) is 22.0 Å². The summed E-state index contributed by atoms with van der Waals surface area (Å²) in [6.45, 7) is 5.77. The zero-order chi connectivity index (χ0) is 33.0. The van der Waals surface area contributed by atoms with Gasteiger partial charge in [-0.2, -0.15) is 13.2 Å². The van der Waals surface area contributed by atoms with E-state index in [1.807, 2.05) is 0 Å². The molecule has 1 unspecified atom stereocenters. The number of halogens is 6. The van der Waals surface area contributed by atoms with Crippen molar-refractivity contribution in [3.05, 3.63) is 92.9 Å². The predicted molar refractivity (Wildman–Crippen MR) is 166 cm³/mol. The molecule has 14 heteroatoms. The van der Waals surface area contributed by atoms with Crippen LogP contribution >= 0.6 is 34.8 Å². The van der Waals surface area contributed by atoms with Crippen LogP contribution in [0.3, 0.4) is 0 Å². The van der Waals surface area contributed by atoms with Crippen LogP contribution in [0.4, 0.5) is 18.9 Å². The summed E-state index contributed by atoms with van der Waals surface area (Å²) < 4.78 is 69.4. The molecule has 0 aliphatic carbocycles. The summed E-state index contributed by atoms with van der Waals surface area (Å²) in [5, 5.41) is 2.94. The first-order valence-electron chi connectivity index (χ1n) is 13.3. The summed E-state index contributed by atoms with van der Waals surface area (Å²) in [6, 6.07) is 12.6. The number of carbonyl (C=O) groups is 2. The van der Waals surface area contributed by atoms with Gasteiger partial charge in [-0.05, 0) is 75.2 Å². The van der Waals surface area contributed by atoms with Gasteiger partial charge in [-0.1, -0.05) is 66.0 Å². The number of nitrogens with zero attached hydrogens (tertiary/aromatic N) is 2. The van der Waals surface area contributed by atoms with E-state index >= 15 is 0 Å².